The maximum absolute atomic E-state index is 10.7. The summed E-state index contributed by atoms with van der Waals surface area (Å²) in [5, 5.41) is 9.07. The molecule has 2 nitrogen and oxygen atoms in total. The number of carbonyl (C=O) groups is 1. The van der Waals surface area contributed by atoms with Crippen LogP contribution in [0, 0.1) is 5.92 Å². The first-order valence-electron chi connectivity index (χ1n) is 4.59. The average molecular weight is 190 g/mol. The molecule has 0 radical (unpaired) electrons. The van der Waals surface area contributed by atoms with Gasteiger partial charge in [0.25, 0.3) is 0 Å². The summed E-state index contributed by atoms with van der Waals surface area (Å²) in [6, 6.07) is 6.77. The van der Waals surface area contributed by atoms with Crippen molar-refractivity contribution in [2.45, 2.75) is 13.8 Å². The van der Waals surface area contributed by atoms with E-state index in [0.717, 1.165) is 17.4 Å². The molecule has 74 valence electrons. The van der Waals surface area contributed by atoms with Crippen LogP contribution in [0.1, 0.15) is 19.4 Å². The molecule has 0 bridgehead atoms. The lowest BCUT2D eigenvalue weighted by Crippen LogP contribution is -1.94. The van der Waals surface area contributed by atoms with Gasteiger partial charge in [-0.1, -0.05) is 26.0 Å². The SMILES string of the molecule is CC(C)/C(C=O)=C/c1ccc(O)cc1. The normalized spacial score (nSPS) is 11.8. The Balaban J connectivity index is 2.95. The van der Waals surface area contributed by atoms with Crippen LogP contribution in [0.5, 0.6) is 5.75 Å². The van der Waals surface area contributed by atoms with Crippen molar-refractivity contribution in [2.24, 2.45) is 5.92 Å². The third-order valence-corrected chi connectivity index (χ3v) is 2.03. The first kappa shape index (κ1) is 10.5. The Hall–Kier alpha value is -1.57. The van der Waals surface area contributed by atoms with Gasteiger partial charge in [0.15, 0.2) is 0 Å². The van der Waals surface area contributed by atoms with Gasteiger partial charge < -0.3 is 5.11 Å². The monoisotopic (exact) mass is 190 g/mol. The van der Waals surface area contributed by atoms with Crippen molar-refractivity contribution in [1.82, 2.24) is 0 Å². The Labute approximate surface area is 83.9 Å². The summed E-state index contributed by atoms with van der Waals surface area (Å²) in [5.74, 6) is 0.459. The smallest absolute Gasteiger partial charge is 0.146 e. The van der Waals surface area contributed by atoms with Gasteiger partial charge in [-0.3, -0.25) is 4.79 Å². The van der Waals surface area contributed by atoms with Crippen LogP contribution in [-0.2, 0) is 4.79 Å². The largest absolute Gasteiger partial charge is 0.508 e. The predicted octanol–water partition coefficient (Wildman–Crippen LogP) is 2.63. The molecule has 0 saturated carbocycles. The molecule has 0 aromatic heterocycles. The lowest BCUT2D eigenvalue weighted by Gasteiger charge is -2.03. The average Bonchev–Trinajstić information content (AvgIpc) is 2.16. The van der Waals surface area contributed by atoms with Gasteiger partial charge in [-0.2, -0.15) is 0 Å². The van der Waals surface area contributed by atoms with E-state index in [1.54, 1.807) is 24.3 Å². The molecule has 0 saturated heterocycles. The molecule has 2 heteroatoms. The molecular formula is C12H14O2. The maximum Gasteiger partial charge on any atom is 0.146 e. The van der Waals surface area contributed by atoms with Gasteiger partial charge in [0.2, 0.25) is 0 Å². The number of phenols is 1. The zero-order valence-electron chi connectivity index (χ0n) is 8.40. The zero-order chi connectivity index (χ0) is 10.6. The summed E-state index contributed by atoms with van der Waals surface area (Å²) in [6.45, 7) is 3.95. The molecule has 0 aliphatic heterocycles. The van der Waals surface area contributed by atoms with Crippen molar-refractivity contribution in [3.8, 4) is 5.75 Å². The number of rotatable bonds is 3. The molecule has 0 aliphatic rings. The van der Waals surface area contributed by atoms with Crippen molar-refractivity contribution < 1.29 is 9.90 Å². The highest BCUT2D eigenvalue weighted by Crippen LogP contribution is 2.15. The standard InChI is InChI=1S/C12H14O2/c1-9(2)11(8-13)7-10-3-5-12(14)6-4-10/h3-9,14H,1-2H3/b11-7+. The van der Waals surface area contributed by atoms with Crippen molar-refractivity contribution in [1.29, 1.82) is 0 Å². The van der Waals surface area contributed by atoms with Gasteiger partial charge in [0.05, 0.1) is 0 Å². The molecule has 0 fully saturated rings. The van der Waals surface area contributed by atoms with Crippen molar-refractivity contribution in [2.75, 3.05) is 0 Å². The van der Waals surface area contributed by atoms with E-state index in [4.69, 9.17) is 5.11 Å². The first-order valence-corrected chi connectivity index (χ1v) is 4.59. The number of allylic oxidation sites excluding steroid dienone is 1. The number of aromatic hydroxyl groups is 1. The van der Waals surface area contributed by atoms with E-state index in [2.05, 4.69) is 0 Å². The van der Waals surface area contributed by atoms with Gasteiger partial charge in [0.1, 0.15) is 12.0 Å². The highest BCUT2D eigenvalue weighted by Gasteiger charge is 2.01. The van der Waals surface area contributed by atoms with Crippen LogP contribution in [-0.4, -0.2) is 11.4 Å². The number of phenolic OH excluding ortho intramolecular Hbond substituents is 1. The number of carbonyl (C=O) groups excluding carboxylic acids is 1. The summed E-state index contributed by atoms with van der Waals surface area (Å²) < 4.78 is 0. The van der Waals surface area contributed by atoms with Crippen LogP contribution in [0.15, 0.2) is 29.8 Å². The number of hydrogen-bond acceptors (Lipinski definition) is 2. The second-order valence-corrected chi connectivity index (χ2v) is 3.51. The summed E-state index contributed by atoms with van der Waals surface area (Å²) >= 11 is 0. The highest BCUT2D eigenvalue weighted by atomic mass is 16.3. The lowest BCUT2D eigenvalue weighted by molar-refractivity contribution is -0.105. The summed E-state index contributed by atoms with van der Waals surface area (Å²) in [7, 11) is 0. The molecule has 0 spiro atoms. The van der Waals surface area contributed by atoms with Gasteiger partial charge in [-0.05, 0) is 35.3 Å². The fraction of sp³-hybridized carbons (Fsp3) is 0.250. The second kappa shape index (κ2) is 4.61. The topological polar surface area (TPSA) is 37.3 Å². The van der Waals surface area contributed by atoms with Crippen molar-refractivity contribution in [3.05, 3.63) is 35.4 Å². The fourth-order valence-electron chi connectivity index (χ4n) is 1.10. The fourth-order valence-corrected chi connectivity index (χ4v) is 1.10. The summed E-state index contributed by atoms with van der Waals surface area (Å²) in [5.41, 5.74) is 1.69. The second-order valence-electron chi connectivity index (χ2n) is 3.51. The van der Waals surface area contributed by atoms with E-state index >= 15 is 0 Å². The van der Waals surface area contributed by atoms with Crippen molar-refractivity contribution >= 4 is 12.4 Å². The van der Waals surface area contributed by atoms with Crippen LogP contribution < -0.4 is 0 Å². The molecule has 14 heavy (non-hydrogen) atoms. The molecular weight excluding hydrogens is 176 g/mol. The number of benzene rings is 1. The van der Waals surface area contributed by atoms with Crippen LogP contribution in [0.2, 0.25) is 0 Å². The number of aldehydes is 1. The van der Waals surface area contributed by atoms with E-state index in [-0.39, 0.29) is 11.7 Å². The highest BCUT2D eigenvalue weighted by molar-refractivity contribution is 5.82. The zero-order valence-corrected chi connectivity index (χ0v) is 8.40. The molecule has 1 N–H and O–H groups in total. The molecule has 1 aromatic rings. The van der Waals surface area contributed by atoms with E-state index in [1.807, 2.05) is 19.9 Å². The van der Waals surface area contributed by atoms with E-state index in [9.17, 15) is 4.79 Å². The number of hydrogen-bond donors (Lipinski definition) is 1. The predicted molar refractivity (Wildman–Crippen MR) is 57.0 cm³/mol. The molecule has 0 heterocycles. The van der Waals surface area contributed by atoms with Crippen molar-refractivity contribution in [3.63, 3.8) is 0 Å². The maximum atomic E-state index is 10.7. The molecule has 0 unspecified atom stereocenters. The minimum absolute atomic E-state index is 0.223. The molecule has 1 aromatic carbocycles. The van der Waals surface area contributed by atoms with E-state index < -0.39 is 0 Å². The Morgan fingerprint density at radius 3 is 2.29 bits per heavy atom. The lowest BCUT2D eigenvalue weighted by atomic mass is 10.0. The Morgan fingerprint density at radius 2 is 1.86 bits per heavy atom. The van der Waals surface area contributed by atoms with Gasteiger partial charge in [-0.25, -0.2) is 0 Å². The van der Waals surface area contributed by atoms with Gasteiger partial charge in [0, 0.05) is 0 Å². The Bertz CT molecular complexity index is 334. The third kappa shape index (κ3) is 2.73. The Morgan fingerprint density at radius 1 is 1.29 bits per heavy atom. The summed E-state index contributed by atoms with van der Waals surface area (Å²) in [4.78, 5) is 10.7. The molecule has 1 rings (SSSR count). The van der Waals surface area contributed by atoms with Crippen LogP contribution in [0.4, 0.5) is 0 Å². The van der Waals surface area contributed by atoms with Crippen LogP contribution >= 0.6 is 0 Å². The molecule has 0 atom stereocenters. The molecule has 0 aliphatic carbocycles. The quantitative estimate of drug-likeness (QED) is 0.587. The third-order valence-electron chi connectivity index (χ3n) is 2.03. The molecule has 0 amide bonds. The Kier molecular flexibility index (Phi) is 3.46. The summed E-state index contributed by atoms with van der Waals surface area (Å²) in [6.07, 6.45) is 2.70. The van der Waals surface area contributed by atoms with E-state index in [1.165, 1.54) is 0 Å². The minimum atomic E-state index is 0.223. The van der Waals surface area contributed by atoms with E-state index in [0.29, 0.717) is 0 Å². The first-order chi connectivity index (χ1) is 6.63. The van der Waals surface area contributed by atoms with Crippen LogP contribution in [0.25, 0.3) is 6.08 Å². The van der Waals surface area contributed by atoms with Gasteiger partial charge >= 0.3 is 0 Å². The minimum Gasteiger partial charge on any atom is -0.508 e. The van der Waals surface area contributed by atoms with Gasteiger partial charge in [-0.15, -0.1) is 0 Å². The van der Waals surface area contributed by atoms with Crippen LogP contribution in [0.3, 0.4) is 0 Å².